The van der Waals surface area contributed by atoms with Crippen LogP contribution in [0.1, 0.15) is 31.5 Å². The summed E-state index contributed by atoms with van der Waals surface area (Å²) < 4.78 is 24.6. The van der Waals surface area contributed by atoms with E-state index in [2.05, 4.69) is 26.1 Å². The Morgan fingerprint density at radius 2 is 2.04 bits per heavy atom. The Bertz CT molecular complexity index is 652. The van der Waals surface area contributed by atoms with Crippen molar-refractivity contribution in [1.82, 2.24) is 26.1 Å². The molecule has 0 bridgehead atoms. The van der Waals surface area contributed by atoms with Gasteiger partial charge in [-0.2, -0.15) is 8.78 Å². The van der Waals surface area contributed by atoms with Gasteiger partial charge in [-0.05, 0) is 51.2 Å². The van der Waals surface area contributed by atoms with Crippen molar-refractivity contribution in [3.8, 4) is 0 Å². The molecular formula is C13H19F2N5O2S2. The zero-order chi connectivity index (χ0) is 18.3. The quantitative estimate of drug-likeness (QED) is 0.255. The molecule has 0 saturated carbocycles. The molecule has 1 aromatic rings. The Balaban J connectivity index is 2.56. The molecule has 0 spiro atoms. The lowest BCUT2D eigenvalue weighted by Crippen LogP contribution is -2.48. The molecule has 0 aliphatic rings. The van der Waals surface area contributed by atoms with Crippen LogP contribution in [0.3, 0.4) is 0 Å². The lowest BCUT2D eigenvalue weighted by atomic mass is 10.1. The fourth-order valence-corrected chi connectivity index (χ4v) is 2.54. The molecule has 0 fully saturated rings. The highest BCUT2D eigenvalue weighted by molar-refractivity contribution is 7.99. The third-order valence-electron chi connectivity index (χ3n) is 2.74. The van der Waals surface area contributed by atoms with E-state index < -0.39 is 11.3 Å². The number of aromatic amines is 1. The number of hydrogen-bond donors (Lipinski definition) is 4. The molecule has 0 saturated heterocycles. The summed E-state index contributed by atoms with van der Waals surface area (Å²) in [6.07, 6.45) is 0.149. The minimum Gasteiger partial charge on any atom is -0.359 e. The Kier molecular flexibility index (Phi) is 8.05. The van der Waals surface area contributed by atoms with Gasteiger partial charge in [0.1, 0.15) is 0 Å². The van der Waals surface area contributed by atoms with Gasteiger partial charge in [0.15, 0.2) is 10.3 Å². The van der Waals surface area contributed by atoms with Gasteiger partial charge >= 0.3 is 0 Å². The van der Waals surface area contributed by atoms with Crippen molar-refractivity contribution in [2.45, 2.75) is 50.6 Å². The van der Waals surface area contributed by atoms with E-state index in [1.807, 2.05) is 13.8 Å². The van der Waals surface area contributed by atoms with Gasteiger partial charge in [0.2, 0.25) is 5.91 Å². The third kappa shape index (κ3) is 7.21. The number of carbonyl (C=O) groups is 1. The molecule has 1 aromatic heterocycles. The summed E-state index contributed by atoms with van der Waals surface area (Å²) in [6.45, 7) is 5.33. The number of thiocarbonyl (C=S) groups is 1. The van der Waals surface area contributed by atoms with Gasteiger partial charge in [0.05, 0.1) is 0 Å². The number of H-pyrrole nitrogens is 1. The van der Waals surface area contributed by atoms with Crippen molar-refractivity contribution >= 4 is 35.0 Å². The van der Waals surface area contributed by atoms with E-state index >= 15 is 0 Å². The van der Waals surface area contributed by atoms with Gasteiger partial charge in [-0.3, -0.25) is 20.4 Å². The standard InChI is InChI=1S/C13H19F2N5O2S2/c1-6(2)16-12(23)20-19-9(21)5-4-8-7(3)17-13(18-10(8)22)24-11(14)15/h6,11H,4-5H2,1-3H3,(H,19,21)(H2,16,20,23)(H,17,18,22). The van der Waals surface area contributed by atoms with Gasteiger partial charge in [0, 0.05) is 23.7 Å². The Labute approximate surface area is 147 Å². The van der Waals surface area contributed by atoms with Crippen LogP contribution in [-0.4, -0.2) is 32.8 Å². The molecule has 0 unspecified atom stereocenters. The number of amides is 1. The summed E-state index contributed by atoms with van der Waals surface area (Å²) in [7, 11) is 0. The van der Waals surface area contributed by atoms with E-state index in [0.29, 0.717) is 5.69 Å². The summed E-state index contributed by atoms with van der Waals surface area (Å²) in [6, 6.07) is 0.124. The first-order chi connectivity index (χ1) is 11.2. The van der Waals surface area contributed by atoms with Gasteiger partial charge in [-0.25, -0.2) is 4.98 Å². The number of carbonyl (C=O) groups excluding carboxylic acids is 1. The molecule has 11 heteroatoms. The van der Waals surface area contributed by atoms with E-state index in [4.69, 9.17) is 12.2 Å². The van der Waals surface area contributed by atoms with Crippen LogP contribution in [0.5, 0.6) is 0 Å². The Morgan fingerprint density at radius 1 is 1.38 bits per heavy atom. The van der Waals surface area contributed by atoms with Gasteiger partial charge < -0.3 is 10.3 Å². The summed E-state index contributed by atoms with van der Waals surface area (Å²) in [4.78, 5) is 29.8. The number of aryl methyl sites for hydroxylation is 1. The molecule has 0 aliphatic heterocycles. The predicted octanol–water partition coefficient (Wildman–Crippen LogP) is 1.23. The predicted molar refractivity (Wildman–Crippen MR) is 91.9 cm³/mol. The fourth-order valence-electron chi connectivity index (χ4n) is 1.75. The van der Waals surface area contributed by atoms with Crippen LogP contribution < -0.4 is 21.7 Å². The summed E-state index contributed by atoms with van der Waals surface area (Å²) in [5, 5.41) is 3.02. The van der Waals surface area contributed by atoms with Crippen LogP contribution in [0.2, 0.25) is 0 Å². The number of alkyl halides is 2. The van der Waals surface area contributed by atoms with Gasteiger partial charge in [0.25, 0.3) is 11.3 Å². The van der Waals surface area contributed by atoms with E-state index in [-0.39, 0.29) is 52.4 Å². The normalized spacial score (nSPS) is 10.8. The Hall–Kier alpha value is -1.75. The molecule has 134 valence electrons. The monoisotopic (exact) mass is 379 g/mol. The molecule has 0 radical (unpaired) electrons. The van der Waals surface area contributed by atoms with Crippen LogP contribution in [0.15, 0.2) is 9.95 Å². The molecule has 1 amide bonds. The zero-order valence-corrected chi connectivity index (χ0v) is 15.0. The number of rotatable bonds is 6. The molecule has 0 atom stereocenters. The molecule has 0 aliphatic carbocycles. The molecular weight excluding hydrogens is 360 g/mol. The van der Waals surface area contributed by atoms with Crippen LogP contribution in [-0.2, 0) is 11.2 Å². The van der Waals surface area contributed by atoms with E-state index in [0.717, 1.165) is 0 Å². The molecule has 24 heavy (non-hydrogen) atoms. The highest BCUT2D eigenvalue weighted by atomic mass is 32.2. The maximum Gasteiger partial charge on any atom is 0.291 e. The second-order valence-electron chi connectivity index (χ2n) is 5.11. The largest absolute Gasteiger partial charge is 0.359 e. The van der Waals surface area contributed by atoms with Crippen molar-refractivity contribution in [3.05, 3.63) is 21.6 Å². The molecule has 4 N–H and O–H groups in total. The molecule has 1 heterocycles. The topological polar surface area (TPSA) is 98.9 Å². The highest BCUT2D eigenvalue weighted by Gasteiger charge is 2.13. The number of thioether (sulfide) groups is 1. The lowest BCUT2D eigenvalue weighted by Gasteiger charge is -2.13. The average Bonchev–Trinajstić information content (AvgIpc) is 2.42. The molecule has 7 nitrogen and oxygen atoms in total. The van der Waals surface area contributed by atoms with Crippen molar-refractivity contribution < 1.29 is 13.6 Å². The number of nitrogens with zero attached hydrogens (tertiary/aromatic N) is 1. The minimum atomic E-state index is -2.67. The summed E-state index contributed by atoms with van der Waals surface area (Å²) in [5.74, 6) is -3.04. The smallest absolute Gasteiger partial charge is 0.291 e. The number of hydrazine groups is 1. The minimum absolute atomic E-state index is 0.0181. The van der Waals surface area contributed by atoms with Crippen molar-refractivity contribution in [3.63, 3.8) is 0 Å². The number of aromatic nitrogens is 2. The number of hydrogen-bond acceptors (Lipinski definition) is 5. The second kappa shape index (κ2) is 9.52. The second-order valence-corrected chi connectivity index (χ2v) is 6.50. The number of nitrogens with one attached hydrogen (secondary N) is 4. The Morgan fingerprint density at radius 3 is 2.58 bits per heavy atom. The van der Waals surface area contributed by atoms with Crippen molar-refractivity contribution in [2.75, 3.05) is 0 Å². The van der Waals surface area contributed by atoms with Crippen molar-refractivity contribution in [2.24, 2.45) is 0 Å². The van der Waals surface area contributed by atoms with Crippen molar-refractivity contribution in [1.29, 1.82) is 0 Å². The van der Waals surface area contributed by atoms with Crippen LogP contribution in [0.25, 0.3) is 0 Å². The molecule has 1 rings (SSSR count). The van der Waals surface area contributed by atoms with Crippen LogP contribution >= 0.6 is 24.0 Å². The van der Waals surface area contributed by atoms with Crippen LogP contribution in [0.4, 0.5) is 8.78 Å². The van der Waals surface area contributed by atoms with E-state index in [1.165, 1.54) is 6.92 Å². The molecule has 0 aromatic carbocycles. The maximum absolute atomic E-state index is 12.3. The van der Waals surface area contributed by atoms with E-state index in [9.17, 15) is 18.4 Å². The third-order valence-corrected chi connectivity index (χ3v) is 3.55. The SMILES string of the molecule is Cc1nc(SC(F)F)[nH]c(=O)c1CCC(=O)NNC(=S)NC(C)C. The highest BCUT2D eigenvalue weighted by Crippen LogP contribution is 2.20. The van der Waals surface area contributed by atoms with Gasteiger partial charge in [-0.1, -0.05) is 0 Å². The summed E-state index contributed by atoms with van der Waals surface area (Å²) in [5.41, 5.74) is 5.03. The number of halogens is 2. The fraction of sp³-hybridized carbons (Fsp3) is 0.538. The first-order valence-corrected chi connectivity index (χ1v) is 8.37. The van der Waals surface area contributed by atoms with E-state index in [1.54, 1.807) is 0 Å². The summed E-state index contributed by atoms with van der Waals surface area (Å²) >= 11 is 5.12. The maximum atomic E-state index is 12.3. The first-order valence-electron chi connectivity index (χ1n) is 7.09. The average molecular weight is 379 g/mol. The zero-order valence-electron chi connectivity index (χ0n) is 13.4. The van der Waals surface area contributed by atoms with Crippen LogP contribution in [0, 0.1) is 6.92 Å². The first kappa shape index (κ1) is 20.3. The lowest BCUT2D eigenvalue weighted by molar-refractivity contribution is -0.121. The van der Waals surface area contributed by atoms with Gasteiger partial charge in [-0.15, -0.1) is 0 Å².